The Balaban J connectivity index is 2.45. The summed E-state index contributed by atoms with van der Waals surface area (Å²) in [6.07, 6.45) is 0. The first-order valence-corrected chi connectivity index (χ1v) is 8.21. The summed E-state index contributed by atoms with van der Waals surface area (Å²) in [7, 11) is 0. The maximum absolute atomic E-state index is 12.1. The lowest BCUT2D eigenvalue weighted by Crippen LogP contribution is -2.39. The van der Waals surface area contributed by atoms with Crippen LogP contribution >= 0.6 is 11.8 Å². The molecule has 0 spiro atoms. The third kappa shape index (κ3) is 6.76. The highest BCUT2D eigenvalue weighted by Gasteiger charge is 2.18. The standard InChI is InChI=1S/C16H21NO4S/c1-12(2)8-17(9-16(20)21)15(19)11-22-10-14(18)13-6-4-3-5-7-13/h3-7,12H,8-11H2,1-2H3,(H,20,21). The highest BCUT2D eigenvalue weighted by atomic mass is 32.2. The van der Waals surface area contributed by atoms with Crippen molar-refractivity contribution in [3.63, 3.8) is 0 Å². The van der Waals surface area contributed by atoms with E-state index in [0.717, 1.165) is 0 Å². The third-order valence-electron chi connectivity index (χ3n) is 2.82. The van der Waals surface area contributed by atoms with Gasteiger partial charge in [-0.25, -0.2) is 0 Å². The van der Waals surface area contributed by atoms with E-state index >= 15 is 0 Å². The number of rotatable bonds is 9. The average molecular weight is 323 g/mol. The van der Waals surface area contributed by atoms with Crippen molar-refractivity contribution in [2.45, 2.75) is 13.8 Å². The molecule has 0 saturated carbocycles. The first-order chi connectivity index (χ1) is 10.4. The molecule has 0 aromatic heterocycles. The van der Waals surface area contributed by atoms with E-state index in [4.69, 9.17) is 5.11 Å². The number of nitrogens with zero attached hydrogens (tertiary/aromatic N) is 1. The molecule has 0 heterocycles. The number of carbonyl (C=O) groups is 3. The Morgan fingerprint density at radius 1 is 1.14 bits per heavy atom. The van der Waals surface area contributed by atoms with Crippen LogP contribution in [0.15, 0.2) is 30.3 Å². The van der Waals surface area contributed by atoms with Crippen LogP contribution in [0.3, 0.4) is 0 Å². The number of hydrogen-bond acceptors (Lipinski definition) is 4. The topological polar surface area (TPSA) is 74.7 Å². The van der Waals surface area contributed by atoms with E-state index in [1.807, 2.05) is 19.9 Å². The van der Waals surface area contributed by atoms with Gasteiger partial charge in [0.2, 0.25) is 5.91 Å². The maximum Gasteiger partial charge on any atom is 0.323 e. The molecule has 0 aliphatic rings. The van der Waals surface area contributed by atoms with Gasteiger partial charge in [0.25, 0.3) is 0 Å². The number of amides is 1. The normalized spacial score (nSPS) is 10.5. The Labute approximate surface area is 134 Å². The SMILES string of the molecule is CC(C)CN(CC(=O)O)C(=O)CSCC(=O)c1ccccc1. The van der Waals surface area contributed by atoms with Gasteiger partial charge in [-0.3, -0.25) is 14.4 Å². The zero-order valence-corrected chi connectivity index (χ0v) is 13.6. The molecule has 1 rings (SSSR count). The molecular weight excluding hydrogens is 302 g/mol. The van der Waals surface area contributed by atoms with Crippen LogP contribution in [0.4, 0.5) is 0 Å². The highest BCUT2D eigenvalue weighted by molar-refractivity contribution is 8.00. The van der Waals surface area contributed by atoms with Gasteiger partial charge in [0, 0.05) is 12.1 Å². The number of Topliss-reactive ketones (excluding diaryl/α,β-unsaturated/α-hetero) is 1. The maximum atomic E-state index is 12.1. The van der Waals surface area contributed by atoms with Crippen LogP contribution in [0.2, 0.25) is 0 Å². The Bertz CT molecular complexity index is 516. The molecule has 0 unspecified atom stereocenters. The highest BCUT2D eigenvalue weighted by Crippen LogP contribution is 2.09. The summed E-state index contributed by atoms with van der Waals surface area (Å²) in [5.74, 6) is -0.802. The number of thioether (sulfide) groups is 1. The van der Waals surface area contributed by atoms with Crippen LogP contribution in [-0.4, -0.2) is 52.3 Å². The molecule has 1 N–H and O–H groups in total. The number of ketones is 1. The van der Waals surface area contributed by atoms with E-state index in [1.165, 1.54) is 16.7 Å². The largest absolute Gasteiger partial charge is 0.480 e. The van der Waals surface area contributed by atoms with Gasteiger partial charge in [0.05, 0.1) is 11.5 Å². The second kappa shape index (κ2) is 9.25. The Morgan fingerprint density at radius 3 is 2.32 bits per heavy atom. The zero-order valence-electron chi connectivity index (χ0n) is 12.8. The van der Waals surface area contributed by atoms with Crippen molar-refractivity contribution in [1.29, 1.82) is 0 Å². The predicted molar refractivity (Wildman–Crippen MR) is 87.2 cm³/mol. The lowest BCUT2D eigenvalue weighted by molar-refractivity contribution is -0.143. The minimum absolute atomic E-state index is 0.0351. The third-order valence-corrected chi connectivity index (χ3v) is 3.74. The number of carboxylic acids is 1. The Kier molecular flexibility index (Phi) is 7.66. The summed E-state index contributed by atoms with van der Waals surface area (Å²) in [5, 5.41) is 8.85. The zero-order chi connectivity index (χ0) is 16.5. The fourth-order valence-corrected chi connectivity index (χ4v) is 2.70. The van der Waals surface area contributed by atoms with Crippen LogP contribution in [0.1, 0.15) is 24.2 Å². The number of carboxylic acid groups (broad SMARTS) is 1. The smallest absolute Gasteiger partial charge is 0.323 e. The van der Waals surface area contributed by atoms with Gasteiger partial charge < -0.3 is 10.0 Å². The summed E-state index contributed by atoms with van der Waals surface area (Å²) in [6, 6.07) is 8.89. The number of hydrogen-bond donors (Lipinski definition) is 1. The Morgan fingerprint density at radius 2 is 1.77 bits per heavy atom. The van der Waals surface area contributed by atoms with Crippen molar-refractivity contribution in [3.05, 3.63) is 35.9 Å². The monoisotopic (exact) mass is 323 g/mol. The van der Waals surface area contributed by atoms with E-state index in [0.29, 0.717) is 12.1 Å². The van der Waals surface area contributed by atoms with Crippen molar-refractivity contribution in [3.8, 4) is 0 Å². The second-order valence-electron chi connectivity index (χ2n) is 5.34. The summed E-state index contributed by atoms with van der Waals surface area (Å²) >= 11 is 1.21. The van der Waals surface area contributed by atoms with Gasteiger partial charge >= 0.3 is 5.97 Å². The van der Waals surface area contributed by atoms with E-state index < -0.39 is 5.97 Å². The first-order valence-electron chi connectivity index (χ1n) is 7.05. The van der Waals surface area contributed by atoms with Gasteiger partial charge in [-0.15, -0.1) is 11.8 Å². The molecular formula is C16H21NO4S. The van der Waals surface area contributed by atoms with Crippen LogP contribution in [-0.2, 0) is 9.59 Å². The van der Waals surface area contributed by atoms with Gasteiger partial charge in [-0.05, 0) is 5.92 Å². The van der Waals surface area contributed by atoms with Gasteiger partial charge in [-0.2, -0.15) is 0 Å². The van der Waals surface area contributed by atoms with Crippen LogP contribution in [0.5, 0.6) is 0 Å². The molecule has 5 nitrogen and oxygen atoms in total. The molecule has 0 bridgehead atoms. The number of aliphatic carboxylic acids is 1. The predicted octanol–water partition coefficient (Wildman–Crippen LogP) is 2.17. The lowest BCUT2D eigenvalue weighted by atomic mass is 10.2. The van der Waals surface area contributed by atoms with E-state index in [9.17, 15) is 14.4 Å². The van der Waals surface area contributed by atoms with E-state index in [1.54, 1.807) is 24.3 Å². The van der Waals surface area contributed by atoms with Crippen molar-refractivity contribution >= 4 is 29.4 Å². The average Bonchev–Trinajstić information content (AvgIpc) is 2.46. The summed E-state index contributed by atoms with van der Waals surface area (Å²) in [6.45, 7) is 3.95. The molecule has 1 aromatic carbocycles. The first kappa shape index (κ1) is 18.2. The molecule has 0 aliphatic carbocycles. The van der Waals surface area contributed by atoms with Crippen LogP contribution in [0, 0.1) is 5.92 Å². The van der Waals surface area contributed by atoms with Crippen LogP contribution < -0.4 is 0 Å². The van der Waals surface area contributed by atoms with Crippen molar-refractivity contribution in [2.24, 2.45) is 5.92 Å². The number of benzene rings is 1. The van der Waals surface area contributed by atoms with E-state index in [-0.39, 0.29) is 35.7 Å². The van der Waals surface area contributed by atoms with Gasteiger partial charge in [0.15, 0.2) is 5.78 Å². The summed E-state index contributed by atoms with van der Waals surface area (Å²) < 4.78 is 0. The fourth-order valence-electron chi connectivity index (χ4n) is 1.89. The molecule has 0 radical (unpaired) electrons. The molecule has 0 aliphatic heterocycles. The molecule has 1 amide bonds. The van der Waals surface area contributed by atoms with E-state index in [2.05, 4.69) is 0 Å². The molecule has 0 atom stereocenters. The fraction of sp³-hybridized carbons (Fsp3) is 0.438. The minimum Gasteiger partial charge on any atom is -0.480 e. The van der Waals surface area contributed by atoms with Crippen molar-refractivity contribution < 1.29 is 19.5 Å². The lowest BCUT2D eigenvalue weighted by Gasteiger charge is -2.22. The molecule has 120 valence electrons. The quantitative estimate of drug-likeness (QED) is 0.705. The van der Waals surface area contributed by atoms with Crippen molar-refractivity contribution in [2.75, 3.05) is 24.6 Å². The summed E-state index contributed by atoms with van der Waals surface area (Å²) in [4.78, 5) is 36.1. The van der Waals surface area contributed by atoms with Crippen LogP contribution in [0.25, 0.3) is 0 Å². The minimum atomic E-state index is -1.03. The molecule has 0 fully saturated rings. The van der Waals surface area contributed by atoms with Gasteiger partial charge in [0.1, 0.15) is 6.54 Å². The summed E-state index contributed by atoms with van der Waals surface area (Å²) in [5.41, 5.74) is 0.618. The molecule has 0 saturated heterocycles. The molecule has 6 heteroatoms. The molecule has 22 heavy (non-hydrogen) atoms. The molecule has 1 aromatic rings. The second-order valence-corrected chi connectivity index (χ2v) is 6.33. The van der Waals surface area contributed by atoms with Gasteiger partial charge in [-0.1, -0.05) is 44.2 Å². The Hall–Kier alpha value is -1.82. The number of carbonyl (C=O) groups excluding carboxylic acids is 2. The van der Waals surface area contributed by atoms with Crippen molar-refractivity contribution in [1.82, 2.24) is 4.90 Å².